The minimum Gasteiger partial charge on any atom is -0.484 e. The summed E-state index contributed by atoms with van der Waals surface area (Å²) >= 11 is 5.81. The fourth-order valence-electron chi connectivity index (χ4n) is 2.61. The van der Waals surface area contributed by atoms with Crippen molar-refractivity contribution in [3.63, 3.8) is 0 Å². The molecule has 2 aliphatic heterocycles. The van der Waals surface area contributed by atoms with E-state index in [9.17, 15) is 23.7 Å². The van der Waals surface area contributed by atoms with Crippen LogP contribution in [0.4, 0.5) is 0 Å². The number of hydrogen-bond donors (Lipinski definition) is 2. The van der Waals surface area contributed by atoms with Gasteiger partial charge in [-0.2, -0.15) is 0 Å². The van der Waals surface area contributed by atoms with Gasteiger partial charge >= 0.3 is 5.97 Å². The minimum absolute atomic E-state index is 0.146. The largest absolute Gasteiger partial charge is 0.484 e. The molecule has 2 N–H and O–H groups in total. The number of ether oxygens (including phenoxy) is 1. The minimum atomic E-state index is -1.61. The smallest absolute Gasteiger partial charge is 0.353 e. The van der Waals surface area contributed by atoms with Crippen LogP contribution < -0.4 is 10.1 Å². The van der Waals surface area contributed by atoms with Gasteiger partial charge in [-0.05, 0) is 12.1 Å². The molecule has 0 aliphatic carbocycles. The predicted molar refractivity (Wildman–Crippen MR) is 88.0 cm³/mol. The van der Waals surface area contributed by atoms with Gasteiger partial charge in [0, 0.05) is 0 Å². The summed E-state index contributed by atoms with van der Waals surface area (Å²) in [5, 5.41) is 10.5. The van der Waals surface area contributed by atoms with Gasteiger partial charge in [0.15, 0.2) is 6.61 Å². The van der Waals surface area contributed by atoms with Crippen molar-refractivity contribution in [1.29, 1.82) is 0 Å². The van der Waals surface area contributed by atoms with Crippen molar-refractivity contribution in [2.45, 2.75) is 11.4 Å². The van der Waals surface area contributed by atoms with Gasteiger partial charge < -0.3 is 15.2 Å². The summed E-state index contributed by atoms with van der Waals surface area (Å²) in [5.41, 5.74) is -0.387. The number of carbonyl (C=O) groups excluding carboxylic acids is 2. The van der Waals surface area contributed by atoms with Crippen LogP contribution in [-0.4, -0.2) is 55.8 Å². The maximum atomic E-state index is 12.2. The van der Waals surface area contributed by atoms with E-state index in [1.165, 1.54) is 0 Å². The van der Waals surface area contributed by atoms with E-state index in [0.717, 1.165) is 4.90 Å². The Hall–Kier alpha value is -2.39. The zero-order valence-electron chi connectivity index (χ0n) is 12.7. The van der Waals surface area contributed by atoms with E-state index in [1.807, 2.05) is 0 Å². The first-order valence-corrected chi connectivity index (χ1v) is 8.95. The van der Waals surface area contributed by atoms with Gasteiger partial charge in [0.25, 0.3) is 11.8 Å². The lowest BCUT2D eigenvalue weighted by Crippen LogP contribution is -2.73. The highest BCUT2D eigenvalue weighted by atomic mass is 35.5. The normalized spacial score (nSPS) is 25.1. The molecule has 0 saturated carbocycles. The van der Waals surface area contributed by atoms with Crippen molar-refractivity contribution in [2.24, 2.45) is 0 Å². The van der Waals surface area contributed by atoms with Gasteiger partial charge in [-0.3, -0.25) is 18.7 Å². The maximum absolute atomic E-state index is 12.2. The van der Waals surface area contributed by atoms with E-state index >= 15 is 0 Å². The van der Waals surface area contributed by atoms with Crippen LogP contribution in [0.3, 0.4) is 0 Å². The molecule has 0 radical (unpaired) electrons. The van der Waals surface area contributed by atoms with E-state index in [4.69, 9.17) is 16.3 Å². The van der Waals surface area contributed by atoms with Crippen molar-refractivity contribution in [1.82, 2.24) is 10.2 Å². The number of fused-ring (bicyclic) bond motifs is 1. The van der Waals surface area contributed by atoms with Crippen LogP contribution in [0.15, 0.2) is 41.1 Å². The Bertz CT molecular complexity index is 796. The highest BCUT2D eigenvalue weighted by Gasteiger charge is 2.57. The molecule has 0 spiro atoms. The number of halogens is 1. The molecule has 2 heterocycles. The van der Waals surface area contributed by atoms with Crippen LogP contribution in [0.1, 0.15) is 0 Å². The quantitative estimate of drug-likeness (QED) is 0.692. The number of carboxylic acid groups (broad SMARTS) is 1. The lowest BCUT2D eigenvalue weighted by atomic mass is 10.1. The Morgan fingerprint density at radius 3 is 2.68 bits per heavy atom. The lowest BCUT2D eigenvalue weighted by Gasteiger charge is -2.48. The third kappa shape index (κ3) is 3.24. The number of para-hydroxylation sites is 1. The highest BCUT2D eigenvalue weighted by molar-refractivity contribution is 7.86. The van der Waals surface area contributed by atoms with E-state index in [0.29, 0.717) is 5.75 Å². The van der Waals surface area contributed by atoms with Crippen LogP contribution in [0.25, 0.3) is 0 Å². The number of nitrogens with one attached hydrogen (secondary N) is 1. The Morgan fingerprint density at radius 2 is 2.04 bits per heavy atom. The average molecular weight is 385 g/mol. The first-order valence-electron chi connectivity index (χ1n) is 7.19. The molecule has 1 fully saturated rings. The molecule has 2 aliphatic rings. The topological polar surface area (TPSA) is 113 Å². The number of rotatable bonds is 5. The zero-order valence-corrected chi connectivity index (χ0v) is 14.2. The summed E-state index contributed by atoms with van der Waals surface area (Å²) in [6, 6.07) is 7.57. The molecule has 0 bridgehead atoms. The Kier molecular flexibility index (Phi) is 4.78. The monoisotopic (exact) mass is 384 g/mol. The van der Waals surface area contributed by atoms with Crippen LogP contribution in [0.2, 0.25) is 0 Å². The van der Waals surface area contributed by atoms with Gasteiger partial charge in [-0.25, -0.2) is 4.79 Å². The number of carboxylic acids is 1. The third-order valence-electron chi connectivity index (χ3n) is 3.71. The van der Waals surface area contributed by atoms with E-state index in [2.05, 4.69) is 5.32 Å². The maximum Gasteiger partial charge on any atom is 0.353 e. The van der Waals surface area contributed by atoms with E-state index < -0.39 is 40.0 Å². The number of benzene rings is 1. The molecule has 0 aromatic heterocycles. The number of amides is 2. The third-order valence-corrected chi connectivity index (χ3v) is 5.78. The highest BCUT2D eigenvalue weighted by Crippen LogP contribution is 2.35. The fraction of sp³-hybridized carbons (Fsp3) is 0.267. The van der Waals surface area contributed by atoms with E-state index in [1.54, 1.807) is 30.3 Å². The average Bonchev–Trinajstić information content (AvgIpc) is 2.58. The molecule has 2 unspecified atom stereocenters. The number of hydrogen-bond acceptors (Lipinski definition) is 5. The molecule has 10 heteroatoms. The second-order valence-electron chi connectivity index (χ2n) is 5.33. The summed E-state index contributed by atoms with van der Waals surface area (Å²) in [6.07, 6.45) is 0. The van der Waals surface area contributed by atoms with E-state index in [-0.39, 0.29) is 23.1 Å². The van der Waals surface area contributed by atoms with Gasteiger partial charge in [0.2, 0.25) is 0 Å². The van der Waals surface area contributed by atoms with Crippen molar-refractivity contribution >= 4 is 40.2 Å². The van der Waals surface area contributed by atoms with Gasteiger partial charge in [-0.1, -0.05) is 29.8 Å². The van der Waals surface area contributed by atoms with Crippen molar-refractivity contribution in [2.75, 3.05) is 12.4 Å². The van der Waals surface area contributed by atoms with Crippen LogP contribution in [0.5, 0.6) is 5.75 Å². The number of nitrogens with zero attached hydrogens (tertiary/aromatic N) is 1. The summed E-state index contributed by atoms with van der Waals surface area (Å²) < 4.78 is 17.4. The lowest BCUT2D eigenvalue weighted by molar-refractivity contribution is -0.151. The fourth-order valence-corrected chi connectivity index (χ4v) is 4.60. The molecule has 1 aromatic carbocycles. The summed E-state index contributed by atoms with van der Waals surface area (Å²) in [4.78, 5) is 36.3. The van der Waals surface area contributed by atoms with Crippen LogP contribution in [-0.2, 0) is 25.2 Å². The standard InChI is InChI=1S/C15H13ClN2O6S/c16-9-7-25(23)14-11(13(20)18(14)12(9)15(21)22)17-10(19)6-24-8-4-2-1-3-5-8/h1-5,11,14H,6-7H2,(H,17,19)(H,21,22)/t11?,14-,25?/m0/s1. The second kappa shape index (κ2) is 6.85. The van der Waals surface area contributed by atoms with Gasteiger partial charge in [0.1, 0.15) is 22.9 Å². The summed E-state index contributed by atoms with van der Waals surface area (Å²) in [7, 11) is -1.61. The molecular weight excluding hydrogens is 372 g/mol. The van der Waals surface area contributed by atoms with Crippen molar-refractivity contribution in [3.8, 4) is 5.75 Å². The molecular formula is C15H13ClN2O6S. The molecule has 1 aromatic rings. The Morgan fingerprint density at radius 1 is 1.36 bits per heavy atom. The van der Waals surface area contributed by atoms with Gasteiger partial charge in [0.05, 0.1) is 21.6 Å². The summed E-state index contributed by atoms with van der Waals surface area (Å²) in [6.45, 7) is -0.324. The Labute approximate surface area is 149 Å². The summed E-state index contributed by atoms with van der Waals surface area (Å²) in [5.74, 6) is -2.30. The predicted octanol–water partition coefficient (Wildman–Crippen LogP) is 0.0158. The first kappa shape index (κ1) is 17.4. The van der Waals surface area contributed by atoms with Gasteiger partial charge in [-0.15, -0.1) is 0 Å². The molecule has 1 saturated heterocycles. The van der Waals surface area contributed by atoms with Crippen LogP contribution >= 0.6 is 11.6 Å². The molecule has 3 atom stereocenters. The zero-order chi connectivity index (χ0) is 18.1. The Balaban J connectivity index is 1.65. The number of β-lactam (4-membered cyclic amide) rings is 1. The molecule has 25 heavy (non-hydrogen) atoms. The van der Waals surface area contributed by atoms with Crippen molar-refractivity contribution < 1.29 is 28.4 Å². The second-order valence-corrected chi connectivity index (χ2v) is 7.32. The first-order chi connectivity index (χ1) is 11.9. The molecule has 2 amide bonds. The molecule has 8 nitrogen and oxygen atoms in total. The number of aliphatic carboxylic acids is 1. The van der Waals surface area contributed by atoms with Crippen LogP contribution in [0, 0.1) is 0 Å². The van der Waals surface area contributed by atoms with Crippen molar-refractivity contribution in [3.05, 3.63) is 41.1 Å². The molecule has 3 rings (SSSR count). The number of carbonyl (C=O) groups is 3. The SMILES string of the molecule is O=C(COc1ccccc1)NC1C(=O)N2C(C(=O)O)=C(Cl)CS(=O)[C@@H]12. The molecule has 132 valence electrons.